The molecule has 2 aliphatic heterocycles. The third-order valence-corrected chi connectivity index (χ3v) is 5.04. The zero-order valence-corrected chi connectivity index (χ0v) is 14.2. The van der Waals surface area contributed by atoms with E-state index in [0.717, 1.165) is 25.6 Å². The van der Waals surface area contributed by atoms with Crippen molar-refractivity contribution in [2.45, 2.75) is 50.7 Å². The van der Waals surface area contributed by atoms with E-state index in [1.807, 2.05) is 0 Å². The predicted molar refractivity (Wildman–Crippen MR) is 93.4 cm³/mol. The number of rotatable bonds is 9. The van der Waals surface area contributed by atoms with Crippen LogP contribution in [0.4, 0.5) is 0 Å². The van der Waals surface area contributed by atoms with E-state index >= 15 is 0 Å². The topological polar surface area (TPSA) is 21.7 Å². The second kappa shape index (κ2) is 8.62. The Bertz CT molecular complexity index is 500. The molecule has 126 valence electrons. The van der Waals surface area contributed by atoms with Crippen molar-refractivity contribution < 1.29 is 9.47 Å². The van der Waals surface area contributed by atoms with Gasteiger partial charge < -0.3 is 9.47 Å². The molecule has 3 heteroatoms. The summed E-state index contributed by atoms with van der Waals surface area (Å²) in [6.07, 6.45) is 8.79. The van der Waals surface area contributed by atoms with Gasteiger partial charge in [-0.05, 0) is 37.7 Å². The van der Waals surface area contributed by atoms with Gasteiger partial charge in [0.15, 0.2) is 0 Å². The van der Waals surface area contributed by atoms with Gasteiger partial charge in [0.05, 0.1) is 13.2 Å². The van der Waals surface area contributed by atoms with E-state index in [-0.39, 0.29) is 0 Å². The van der Waals surface area contributed by atoms with Gasteiger partial charge in [0.1, 0.15) is 0 Å². The summed E-state index contributed by atoms with van der Waals surface area (Å²) in [5.41, 5.74) is 3.09. The molecule has 0 amide bonds. The molecule has 0 spiro atoms. The Kier molecular flexibility index (Phi) is 6.26. The van der Waals surface area contributed by atoms with Gasteiger partial charge in [-0.15, -0.1) is 0 Å². The first kappa shape index (κ1) is 16.7. The van der Waals surface area contributed by atoms with Gasteiger partial charge in [0.25, 0.3) is 0 Å². The second-order valence-corrected chi connectivity index (χ2v) is 6.69. The molecular weight excluding hydrogens is 286 g/mol. The highest BCUT2D eigenvalue weighted by Crippen LogP contribution is 2.37. The second-order valence-electron chi connectivity index (χ2n) is 6.69. The Labute approximate surface area is 140 Å². The van der Waals surface area contributed by atoms with Crippen molar-refractivity contribution in [2.75, 3.05) is 26.9 Å². The molecule has 0 radical (unpaired) electrons. The van der Waals surface area contributed by atoms with Crippen molar-refractivity contribution in [3.8, 4) is 0 Å². The van der Waals surface area contributed by atoms with Crippen LogP contribution >= 0.6 is 0 Å². The SMILES string of the molecule is COCCOCCCC1=CC2CCC(C1)N2Cc1ccccc1. The standard InChI is InChI=1S/C20H29NO2/c1-22-12-13-23-11-5-8-18-14-19-9-10-20(15-18)21(19)16-17-6-3-2-4-7-17/h2-4,6-7,14,19-20H,5,8-13,15-16H2,1H3. The number of benzene rings is 1. The molecule has 2 atom stereocenters. The lowest BCUT2D eigenvalue weighted by Gasteiger charge is -2.34. The molecule has 0 saturated carbocycles. The van der Waals surface area contributed by atoms with E-state index < -0.39 is 0 Å². The largest absolute Gasteiger partial charge is 0.382 e. The van der Waals surface area contributed by atoms with Crippen LogP contribution in [0.15, 0.2) is 42.0 Å². The quantitative estimate of drug-likeness (QED) is 0.511. The van der Waals surface area contributed by atoms with Gasteiger partial charge in [-0.2, -0.15) is 0 Å². The number of hydrogen-bond donors (Lipinski definition) is 0. The van der Waals surface area contributed by atoms with E-state index in [0.29, 0.717) is 19.3 Å². The molecule has 1 aromatic rings. The Morgan fingerprint density at radius 2 is 1.96 bits per heavy atom. The summed E-state index contributed by atoms with van der Waals surface area (Å²) in [6, 6.07) is 12.3. The molecule has 1 fully saturated rings. The molecule has 3 nitrogen and oxygen atoms in total. The predicted octanol–water partition coefficient (Wildman–Crippen LogP) is 3.79. The number of methoxy groups -OCH3 is 1. The third-order valence-electron chi connectivity index (χ3n) is 5.04. The summed E-state index contributed by atoms with van der Waals surface area (Å²) in [5.74, 6) is 0. The lowest BCUT2D eigenvalue weighted by Crippen LogP contribution is -2.38. The first-order valence-electron chi connectivity index (χ1n) is 8.92. The minimum atomic E-state index is 0.651. The van der Waals surface area contributed by atoms with Crippen LogP contribution < -0.4 is 0 Å². The molecular formula is C20H29NO2. The average molecular weight is 315 g/mol. The molecule has 1 aromatic carbocycles. The summed E-state index contributed by atoms with van der Waals surface area (Å²) in [7, 11) is 1.72. The van der Waals surface area contributed by atoms with Crippen molar-refractivity contribution >= 4 is 0 Å². The van der Waals surface area contributed by atoms with Gasteiger partial charge in [0.2, 0.25) is 0 Å². The maximum absolute atomic E-state index is 5.57. The summed E-state index contributed by atoms with van der Waals surface area (Å²) < 4.78 is 10.6. The van der Waals surface area contributed by atoms with Gasteiger partial charge in [0, 0.05) is 32.3 Å². The van der Waals surface area contributed by atoms with Gasteiger partial charge >= 0.3 is 0 Å². The van der Waals surface area contributed by atoms with Crippen LogP contribution in [-0.4, -0.2) is 43.9 Å². The Hall–Kier alpha value is -1.16. The lowest BCUT2D eigenvalue weighted by atomic mass is 9.97. The maximum atomic E-state index is 5.57. The molecule has 23 heavy (non-hydrogen) atoms. The van der Waals surface area contributed by atoms with E-state index in [4.69, 9.17) is 9.47 Å². The Morgan fingerprint density at radius 1 is 1.09 bits per heavy atom. The van der Waals surface area contributed by atoms with E-state index in [1.165, 1.54) is 31.2 Å². The smallest absolute Gasteiger partial charge is 0.0700 e. The molecule has 2 bridgehead atoms. The zero-order chi connectivity index (χ0) is 15.9. The molecule has 2 heterocycles. The Balaban J connectivity index is 1.46. The van der Waals surface area contributed by atoms with Crippen molar-refractivity contribution in [2.24, 2.45) is 0 Å². The van der Waals surface area contributed by atoms with Gasteiger partial charge in [-0.1, -0.05) is 42.0 Å². The fraction of sp³-hybridized carbons (Fsp3) is 0.600. The summed E-state index contributed by atoms with van der Waals surface area (Å²) >= 11 is 0. The average Bonchev–Trinajstić information content (AvgIpc) is 2.81. The van der Waals surface area contributed by atoms with Crippen LogP contribution in [0.3, 0.4) is 0 Å². The first-order valence-corrected chi connectivity index (χ1v) is 8.92. The third kappa shape index (κ3) is 4.66. The van der Waals surface area contributed by atoms with Crippen molar-refractivity contribution in [3.05, 3.63) is 47.5 Å². The van der Waals surface area contributed by atoms with Crippen LogP contribution in [0.1, 0.15) is 37.7 Å². The summed E-state index contributed by atoms with van der Waals surface area (Å²) in [4.78, 5) is 2.70. The number of nitrogens with zero attached hydrogens (tertiary/aromatic N) is 1. The maximum Gasteiger partial charge on any atom is 0.0700 e. The minimum Gasteiger partial charge on any atom is -0.382 e. The van der Waals surface area contributed by atoms with Gasteiger partial charge in [-0.25, -0.2) is 0 Å². The van der Waals surface area contributed by atoms with Crippen molar-refractivity contribution in [3.63, 3.8) is 0 Å². The van der Waals surface area contributed by atoms with Crippen LogP contribution in [0.5, 0.6) is 0 Å². The first-order chi connectivity index (χ1) is 11.4. The molecule has 1 saturated heterocycles. The number of fused-ring (bicyclic) bond motifs is 2. The van der Waals surface area contributed by atoms with Crippen LogP contribution in [0, 0.1) is 0 Å². The molecule has 0 aliphatic carbocycles. The molecule has 0 N–H and O–H groups in total. The fourth-order valence-electron chi connectivity index (χ4n) is 3.88. The monoisotopic (exact) mass is 315 g/mol. The van der Waals surface area contributed by atoms with Crippen molar-refractivity contribution in [1.82, 2.24) is 4.90 Å². The Morgan fingerprint density at radius 3 is 2.74 bits per heavy atom. The molecule has 2 unspecified atom stereocenters. The highest BCUT2D eigenvalue weighted by Gasteiger charge is 2.35. The fourth-order valence-corrected chi connectivity index (χ4v) is 3.88. The lowest BCUT2D eigenvalue weighted by molar-refractivity contribution is 0.0692. The number of hydrogen-bond acceptors (Lipinski definition) is 3. The highest BCUT2D eigenvalue weighted by molar-refractivity contribution is 5.21. The summed E-state index contributed by atoms with van der Waals surface area (Å²) in [6.45, 7) is 3.36. The van der Waals surface area contributed by atoms with Crippen LogP contribution in [0.2, 0.25) is 0 Å². The molecule has 3 rings (SSSR count). The number of ether oxygens (including phenoxy) is 2. The molecule has 2 aliphatic rings. The molecule has 0 aromatic heterocycles. The van der Waals surface area contributed by atoms with Crippen LogP contribution in [0.25, 0.3) is 0 Å². The zero-order valence-electron chi connectivity index (χ0n) is 14.2. The van der Waals surface area contributed by atoms with Crippen LogP contribution in [-0.2, 0) is 16.0 Å². The van der Waals surface area contributed by atoms with E-state index in [9.17, 15) is 0 Å². The van der Waals surface area contributed by atoms with E-state index in [1.54, 1.807) is 12.7 Å². The minimum absolute atomic E-state index is 0.651. The summed E-state index contributed by atoms with van der Waals surface area (Å²) in [5, 5.41) is 0. The van der Waals surface area contributed by atoms with Crippen molar-refractivity contribution in [1.29, 1.82) is 0 Å². The van der Waals surface area contributed by atoms with Gasteiger partial charge in [-0.3, -0.25) is 4.90 Å². The van der Waals surface area contributed by atoms with E-state index in [2.05, 4.69) is 41.3 Å². The highest BCUT2D eigenvalue weighted by atomic mass is 16.5. The normalized spacial score (nSPS) is 24.0.